The number of likely N-dealkylation sites (N-methyl/N-ethyl adjacent to an activating group) is 1. The van der Waals surface area contributed by atoms with E-state index < -0.39 is 0 Å². The maximum atomic E-state index is 4.18. The van der Waals surface area contributed by atoms with Crippen molar-refractivity contribution in [1.29, 1.82) is 0 Å². The fourth-order valence-corrected chi connectivity index (χ4v) is 1.19. The van der Waals surface area contributed by atoms with Gasteiger partial charge in [-0.25, -0.2) is 0 Å². The molecule has 0 unspecified atom stereocenters. The van der Waals surface area contributed by atoms with Crippen molar-refractivity contribution in [3.63, 3.8) is 0 Å². The summed E-state index contributed by atoms with van der Waals surface area (Å²) in [5, 5.41) is 7.48. The van der Waals surface area contributed by atoms with E-state index in [1.807, 2.05) is 17.9 Å². The summed E-state index contributed by atoms with van der Waals surface area (Å²) < 4.78 is 1.92. The average Bonchev–Trinajstić information content (AvgIpc) is 2.36. The summed E-state index contributed by atoms with van der Waals surface area (Å²) in [7, 11) is 1.98. The minimum Gasteiger partial charge on any atom is -0.317 e. The van der Waals surface area contributed by atoms with E-state index in [2.05, 4.69) is 24.3 Å². The molecule has 68 valence electrons. The highest BCUT2D eigenvalue weighted by Crippen LogP contribution is 2.05. The lowest BCUT2D eigenvalue weighted by Crippen LogP contribution is -2.16. The summed E-state index contributed by atoms with van der Waals surface area (Å²) in [6.07, 6.45) is 3.03. The number of nitrogens with zero attached hydrogens (tertiary/aromatic N) is 2. The van der Waals surface area contributed by atoms with Crippen molar-refractivity contribution >= 4 is 0 Å². The molecule has 0 spiro atoms. The predicted octanol–water partition coefficient (Wildman–Crippen LogP) is 0.881. The van der Waals surface area contributed by atoms with Crippen LogP contribution in [0.15, 0.2) is 6.20 Å². The Bertz CT molecular complexity index is 240. The molecule has 0 aliphatic carbocycles. The van der Waals surface area contributed by atoms with Crippen LogP contribution in [-0.2, 0) is 13.5 Å². The molecule has 1 heterocycles. The van der Waals surface area contributed by atoms with Crippen LogP contribution in [0.2, 0.25) is 0 Å². The van der Waals surface area contributed by atoms with Crippen LogP contribution in [0.5, 0.6) is 0 Å². The molecule has 0 radical (unpaired) electrons. The molecule has 0 amide bonds. The maximum Gasteiger partial charge on any atom is 0.0524 e. The molecule has 1 aromatic heterocycles. The van der Waals surface area contributed by atoms with Gasteiger partial charge in [0.1, 0.15) is 0 Å². The second-order valence-electron chi connectivity index (χ2n) is 2.98. The van der Waals surface area contributed by atoms with Gasteiger partial charge < -0.3 is 5.32 Å². The van der Waals surface area contributed by atoms with Crippen molar-refractivity contribution in [3.8, 4) is 0 Å². The van der Waals surface area contributed by atoms with Crippen molar-refractivity contribution in [3.05, 3.63) is 17.5 Å². The molecule has 12 heavy (non-hydrogen) atoms. The van der Waals surface area contributed by atoms with Gasteiger partial charge in [-0.3, -0.25) is 4.68 Å². The van der Waals surface area contributed by atoms with Crippen molar-refractivity contribution in [2.45, 2.75) is 20.3 Å². The van der Waals surface area contributed by atoms with Gasteiger partial charge in [-0.1, -0.05) is 6.92 Å². The molecule has 0 saturated carbocycles. The molecule has 1 N–H and O–H groups in total. The van der Waals surface area contributed by atoms with Crippen molar-refractivity contribution in [2.75, 3.05) is 13.1 Å². The predicted molar refractivity (Wildman–Crippen MR) is 50.2 cm³/mol. The smallest absolute Gasteiger partial charge is 0.0524 e. The fourth-order valence-electron chi connectivity index (χ4n) is 1.19. The van der Waals surface area contributed by atoms with Crippen molar-refractivity contribution in [2.24, 2.45) is 7.05 Å². The first kappa shape index (κ1) is 9.26. The van der Waals surface area contributed by atoms with E-state index in [0.29, 0.717) is 0 Å². The summed E-state index contributed by atoms with van der Waals surface area (Å²) in [6, 6.07) is 0. The van der Waals surface area contributed by atoms with Gasteiger partial charge in [0, 0.05) is 12.7 Å². The lowest BCUT2D eigenvalue weighted by Gasteiger charge is -2.00. The van der Waals surface area contributed by atoms with E-state index in [-0.39, 0.29) is 0 Å². The van der Waals surface area contributed by atoms with Gasteiger partial charge in [0.25, 0.3) is 0 Å². The number of hydrogen-bond acceptors (Lipinski definition) is 2. The van der Waals surface area contributed by atoms with E-state index in [4.69, 9.17) is 0 Å². The van der Waals surface area contributed by atoms with Gasteiger partial charge in [0.15, 0.2) is 0 Å². The first-order chi connectivity index (χ1) is 5.75. The third kappa shape index (κ3) is 2.08. The minimum atomic E-state index is 1.04. The molecular weight excluding hydrogens is 150 g/mol. The minimum absolute atomic E-state index is 1.04. The first-order valence-corrected chi connectivity index (χ1v) is 4.44. The molecule has 0 aromatic carbocycles. The third-order valence-electron chi connectivity index (χ3n) is 2.16. The molecule has 3 nitrogen and oxygen atoms in total. The Kier molecular flexibility index (Phi) is 3.29. The van der Waals surface area contributed by atoms with Crippen LogP contribution < -0.4 is 5.32 Å². The average molecular weight is 167 g/mol. The van der Waals surface area contributed by atoms with E-state index in [1.165, 1.54) is 11.3 Å². The largest absolute Gasteiger partial charge is 0.317 e. The number of aromatic nitrogens is 2. The number of hydrogen-bond donors (Lipinski definition) is 1. The Morgan fingerprint density at radius 2 is 2.33 bits per heavy atom. The molecule has 0 bridgehead atoms. The molecule has 0 saturated heterocycles. The Morgan fingerprint density at radius 3 is 2.83 bits per heavy atom. The first-order valence-electron chi connectivity index (χ1n) is 4.44. The zero-order valence-electron chi connectivity index (χ0n) is 8.09. The second-order valence-corrected chi connectivity index (χ2v) is 2.98. The quantitative estimate of drug-likeness (QED) is 0.675. The molecule has 3 heteroatoms. The highest BCUT2D eigenvalue weighted by atomic mass is 15.3. The lowest BCUT2D eigenvalue weighted by atomic mass is 10.2. The summed E-state index contributed by atoms with van der Waals surface area (Å²) >= 11 is 0. The summed E-state index contributed by atoms with van der Waals surface area (Å²) in [6.45, 7) is 6.31. The third-order valence-corrected chi connectivity index (χ3v) is 2.16. The van der Waals surface area contributed by atoms with E-state index in [9.17, 15) is 0 Å². The Hall–Kier alpha value is -0.830. The van der Waals surface area contributed by atoms with Gasteiger partial charge in [0.2, 0.25) is 0 Å². The van der Waals surface area contributed by atoms with E-state index >= 15 is 0 Å². The van der Waals surface area contributed by atoms with Crippen molar-refractivity contribution in [1.82, 2.24) is 15.1 Å². The molecular formula is C9H17N3. The van der Waals surface area contributed by atoms with Crippen LogP contribution >= 0.6 is 0 Å². The topological polar surface area (TPSA) is 29.9 Å². The molecule has 0 fully saturated rings. The van der Waals surface area contributed by atoms with Crippen LogP contribution in [0.25, 0.3) is 0 Å². The standard InChI is InChI=1S/C9H17N3/c1-4-10-6-5-9-7-11-12(3)8(9)2/h7,10H,4-6H2,1-3H3. The number of rotatable bonds is 4. The molecule has 1 aromatic rings. The molecule has 0 aliphatic rings. The zero-order chi connectivity index (χ0) is 8.97. The fraction of sp³-hybridized carbons (Fsp3) is 0.667. The Balaban J connectivity index is 2.46. The lowest BCUT2D eigenvalue weighted by molar-refractivity contribution is 0.708. The van der Waals surface area contributed by atoms with Crippen molar-refractivity contribution < 1.29 is 0 Å². The normalized spacial score (nSPS) is 10.6. The summed E-state index contributed by atoms with van der Waals surface area (Å²) in [5.41, 5.74) is 2.62. The van der Waals surface area contributed by atoms with Gasteiger partial charge >= 0.3 is 0 Å². The number of nitrogens with one attached hydrogen (secondary N) is 1. The summed E-state index contributed by atoms with van der Waals surface area (Å²) in [4.78, 5) is 0. The molecule has 1 rings (SSSR count). The van der Waals surface area contributed by atoms with Crippen LogP contribution in [0.4, 0.5) is 0 Å². The van der Waals surface area contributed by atoms with E-state index in [0.717, 1.165) is 19.5 Å². The summed E-state index contributed by atoms with van der Waals surface area (Å²) in [5.74, 6) is 0. The van der Waals surface area contributed by atoms with Crippen LogP contribution in [-0.4, -0.2) is 22.9 Å². The molecule has 0 aliphatic heterocycles. The Labute approximate surface area is 73.8 Å². The SMILES string of the molecule is CCNCCc1cnn(C)c1C. The van der Waals surface area contributed by atoms with Gasteiger partial charge in [0.05, 0.1) is 6.20 Å². The monoisotopic (exact) mass is 167 g/mol. The maximum absolute atomic E-state index is 4.18. The Morgan fingerprint density at radius 1 is 1.58 bits per heavy atom. The van der Waals surface area contributed by atoms with Crippen LogP contribution in [0, 0.1) is 6.92 Å². The highest BCUT2D eigenvalue weighted by molar-refractivity contribution is 5.15. The van der Waals surface area contributed by atoms with Crippen LogP contribution in [0.3, 0.4) is 0 Å². The van der Waals surface area contributed by atoms with Gasteiger partial charge in [-0.05, 0) is 32.0 Å². The van der Waals surface area contributed by atoms with Crippen LogP contribution in [0.1, 0.15) is 18.2 Å². The zero-order valence-corrected chi connectivity index (χ0v) is 8.09. The molecule has 0 atom stereocenters. The number of aryl methyl sites for hydroxylation is 1. The van der Waals surface area contributed by atoms with Gasteiger partial charge in [-0.2, -0.15) is 5.10 Å². The second kappa shape index (κ2) is 4.26. The highest BCUT2D eigenvalue weighted by Gasteiger charge is 2.01. The van der Waals surface area contributed by atoms with E-state index in [1.54, 1.807) is 0 Å². The van der Waals surface area contributed by atoms with Gasteiger partial charge in [-0.15, -0.1) is 0 Å².